The number of nitro benzene ring substituents is 1. The first kappa shape index (κ1) is 15.9. The van der Waals surface area contributed by atoms with E-state index in [1.807, 2.05) is 13.8 Å². The topological polar surface area (TPSA) is 101 Å². The van der Waals surface area contributed by atoms with Gasteiger partial charge >= 0.3 is 5.69 Å². The molecule has 0 aliphatic rings. The average Bonchev–Trinajstić information content (AvgIpc) is 2.95. The van der Waals surface area contributed by atoms with Crippen molar-refractivity contribution in [1.29, 1.82) is 0 Å². The van der Waals surface area contributed by atoms with Crippen LogP contribution in [0.15, 0.2) is 22.7 Å². The molecular weight excluding hydrogens is 290 g/mol. The van der Waals surface area contributed by atoms with Crippen LogP contribution in [0.1, 0.15) is 37.2 Å². The molecule has 2 rings (SSSR count). The number of hydrogen-bond donors (Lipinski definition) is 0. The molecular formula is C14H17N3O5. The number of nitrogens with zero attached hydrogens (tertiary/aromatic N) is 3. The summed E-state index contributed by atoms with van der Waals surface area (Å²) in [6, 6.07) is 4.73. The van der Waals surface area contributed by atoms with Gasteiger partial charge in [0.1, 0.15) is 6.10 Å². The molecule has 0 N–H and O–H groups in total. The zero-order valence-electron chi connectivity index (χ0n) is 12.6. The van der Waals surface area contributed by atoms with Gasteiger partial charge in [-0.2, -0.15) is 4.98 Å². The van der Waals surface area contributed by atoms with E-state index < -0.39 is 4.92 Å². The van der Waals surface area contributed by atoms with Gasteiger partial charge in [0.05, 0.1) is 4.92 Å². The van der Waals surface area contributed by atoms with Crippen molar-refractivity contribution in [3.63, 3.8) is 0 Å². The van der Waals surface area contributed by atoms with E-state index in [4.69, 9.17) is 14.0 Å². The van der Waals surface area contributed by atoms with Crippen molar-refractivity contribution in [2.75, 3.05) is 6.61 Å². The lowest BCUT2D eigenvalue weighted by atomic mass is 10.2. The molecule has 0 bridgehead atoms. The van der Waals surface area contributed by atoms with Crippen LogP contribution in [-0.4, -0.2) is 21.7 Å². The highest BCUT2D eigenvalue weighted by Gasteiger charge is 2.18. The lowest BCUT2D eigenvalue weighted by molar-refractivity contribution is -0.386. The highest BCUT2D eigenvalue weighted by atomic mass is 16.6. The summed E-state index contributed by atoms with van der Waals surface area (Å²) < 4.78 is 15.8. The molecule has 8 nitrogen and oxygen atoms in total. The number of rotatable bonds is 7. The second-order valence-corrected chi connectivity index (χ2v) is 4.66. The van der Waals surface area contributed by atoms with Gasteiger partial charge in [0, 0.05) is 12.7 Å². The second-order valence-electron chi connectivity index (χ2n) is 4.66. The Morgan fingerprint density at radius 3 is 2.91 bits per heavy atom. The highest BCUT2D eigenvalue weighted by molar-refractivity contribution is 5.48. The van der Waals surface area contributed by atoms with Gasteiger partial charge in [-0.25, -0.2) is 0 Å². The molecule has 0 radical (unpaired) electrons. The molecule has 1 aromatic heterocycles. The van der Waals surface area contributed by atoms with E-state index in [0.717, 1.165) is 5.56 Å². The van der Waals surface area contributed by atoms with E-state index in [1.54, 1.807) is 19.1 Å². The summed E-state index contributed by atoms with van der Waals surface area (Å²) in [5, 5.41) is 14.8. The number of aromatic nitrogens is 2. The lowest BCUT2D eigenvalue weighted by Crippen LogP contribution is -2.03. The normalized spacial score (nSPS) is 12.1. The second kappa shape index (κ2) is 6.99. The van der Waals surface area contributed by atoms with E-state index in [0.29, 0.717) is 12.4 Å². The molecule has 0 fully saturated rings. The van der Waals surface area contributed by atoms with Crippen LogP contribution in [0.3, 0.4) is 0 Å². The highest BCUT2D eigenvalue weighted by Crippen LogP contribution is 2.28. The summed E-state index contributed by atoms with van der Waals surface area (Å²) in [7, 11) is 0. The van der Waals surface area contributed by atoms with E-state index in [9.17, 15) is 10.1 Å². The molecule has 118 valence electrons. The fraction of sp³-hybridized carbons (Fsp3) is 0.429. The van der Waals surface area contributed by atoms with E-state index in [1.165, 1.54) is 6.07 Å². The third-order valence-corrected chi connectivity index (χ3v) is 2.93. The maximum absolute atomic E-state index is 11.0. The Morgan fingerprint density at radius 1 is 1.45 bits per heavy atom. The third kappa shape index (κ3) is 3.79. The van der Waals surface area contributed by atoms with Gasteiger partial charge in [0.25, 0.3) is 5.89 Å². The van der Waals surface area contributed by atoms with Crippen molar-refractivity contribution >= 4 is 5.69 Å². The third-order valence-electron chi connectivity index (χ3n) is 2.93. The van der Waals surface area contributed by atoms with E-state index in [-0.39, 0.29) is 30.0 Å². The first-order valence-electron chi connectivity index (χ1n) is 6.83. The van der Waals surface area contributed by atoms with E-state index >= 15 is 0 Å². The Morgan fingerprint density at radius 2 is 2.23 bits per heavy atom. The van der Waals surface area contributed by atoms with Crippen LogP contribution in [0, 0.1) is 17.0 Å². The Bertz CT molecular complexity index is 656. The van der Waals surface area contributed by atoms with Crippen LogP contribution < -0.4 is 4.74 Å². The van der Waals surface area contributed by atoms with Gasteiger partial charge in [-0.3, -0.25) is 10.1 Å². The lowest BCUT2D eigenvalue weighted by Gasteiger charge is -2.05. The molecule has 8 heteroatoms. The zero-order valence-corrected chi connectivity index (χ0v) is 12.6. The van der Waals surface area contributed by atoms with Crippen molar-refractivity contribution in [2.24, 2.45) is 0 Å². The van der Waals surface area contributed by atoms with Crippen LogP contribution in [0.2, 0.25) is 0 Å². The predicted molar refractivity (Wildman–Crippen MR) is 76.5 cm³/mol. The van der Waals surface area contributed by atoms with Gasteiger partial charge in [0.2, 0.25) is 0 Å². The number of hydrogen-bond acceptors (Lipinski definition) is 7. The van der Waals surface area contributed by atoms with Crippen molar-refractivity contribution in [2.45, 2.75) is 33.5 Å². The average molecular weight is 307 g/mol. The van der Waals surface area contributed by atoms with E-state index in [2.05, 4.69) is 10.1 Å². The van der Waals surface area contributed by atoms with Crippen molar-refractivity contribution in [3.8, 4) is 5.75 Å². The van der Waals surface area contributed by atoms with Crippen LogP contribution in [0.25, 0.3) is 0 Å². The number of nitro groups is 1. The maximum atomic E-state index is 11.0. The van der Waals surface area contributed by atoms with Crippen LogP contribution in [0.5, 0.6) is 5.75 Å². The number of ether oxygens (including phenoxy) is 2. The summed E-state index contributed by atoms with van der Waals surface area (Å²) in [6.07, 6.45) is -0.281. The quantitative estimate of drug-likeness (QED) is 0.572. The van der Waals surface area contributed by atoms with Crippen molar-refractivity contribution in [1.82, 2.24) is 10.1 Å². The van der Waals surface area contributed by atoms with Gasteiger partial charge < -0.3 is 14.0 Å². The van der Waals surface area contributed by atoms with Crippen LogP contribution in [-0.2, 0) is 11.3 Å². The SMILES string of the molecule is CCO[C@@H](C)c1noc(COc2ccc(C)cc2[N+](=O)[O-])n1. The Labute approximate surface area is 127 Å². The summed E-state index contributed by atoms with van der Waals surface area (Å²) in [5.41, 5.74) is 0.687. The molecule has 0 aliphatic carbocycles. The minimum Gasteiger partial charge on any atom is -0.477 e. The summed E-state index contributed by atoms with van der Waals surface area (Å²) >= 11 is 0. The standard InChI is InChI=1S/C14H17N3O5/c1-4-20-10(3)14-15-13(22-16-14)8-21-12-6-5-9(2)7-11(12)17(18)19/h5-7,10H,4,8H2,1-3H3/t10-/m0/s1. The first-order chi connectivity index (χ1) is 10.5. The van der Waals surface area contributed by atoms with Crippen molar-refractivity contribution < 1.29 is 18.9 Å². The molecule has 0 saturated carbocycles. The maximum Gasteiger partial charge on any atom is 0.311 e. The summed E-state index contributed by atoms with van der Waals surface area (Å²) in [4.78, 5) is 14.7. The molecule has 1 heterocycles. The van der Waals surface area contributed by atoms with Gasteiger partial charge in [-0.1, -0.05) is 11.2 Å². The summed E-state index contributed by atoms with van der Waals surface area (Å²) in [5.74, 6) is 0.809. The molecule has 22 heavy (non-hydrogen) atoms. The fourth-order valence-electron chi connectivity index (χ4n) is 1.85. The Kier molecular flexibility index (Phi) is 5.05. The Balaban J connectivity index is 2.06. The summed E-state index contributed by atoms with van der Waals surface area (Å²) in [6.45, 7) is 5.95. The van der Waals surface area contributed by atoms with Crippen LogP contribution >= 0.6 is 0 Å². The fourth-order valence-corrected chi connectivity index (χ4v) is 1.85. The van der Waals surface area contributed by atoms with Gasteiger partial charge in [-0.15, -0.1) is 0 Å². The van der Waals surface area contributed by atoms with Gasteiger partial charge in [-0.05, 0) is 32.4 Å². The van der Waals surface area contributed by atoms with Crippen LogP contribution in [0.4, 0.5) is 5.69 Å². The smallest absolute Gasteiger partial charge is 0.311 e. The predicted octanol–water partition coefficient (Wildman–Crippen LogP) is 2.96. The molecule has 1 atom stereocenters. The monoisotopic (exact) mass is 307 g/mol. The Hall–Kier alpha value is -2.48. The molecule has 1 aromatic carbocycles. The van der Waals surface area contributed by atoms with Gasteiger partial charge in [0.15, 0.2) is 18.2 Å². The minimum absolute atomic E-state index is 0.0459. The first-order valence-corrected chi connectivity index (χ1v) is 6.83. The molecule has 0 unspecified atom stereocenters. The minimum atomic E-state index is -0.487. The molecule has 0 saturated heterocycles. The van der Waals surface area contributed by atoms with Crippen molar-refractivity contribution in [3.05, 3.63) is 45.6 Å². The number of aryl methyl sites for hydroxylation is 1. The molecule has 0 aliphatic heterocycles. The molecule has 2 aromatic rings. The molecule has 0 amide bonds. The zero-order chi connectivity index (χ0) is 16.1. The molecule has 0 spiro atoms. The number of benzene rings is 1. The largest absolute Gasteiger partial charge is 0.477 e.